The number of aliphatic carboxylic acids is 1. The van der Waals surface area contributed by atoms with Crippen LogP contribution < -0.4 is 14.8 Å². The fourth-order valence-corrected chi connectivity index (χ4v) is 3.69. The predicted molar refractivity (Wildman–Crippen MR) is 87.0 cm³/mol. The van der Waals surface area contributed by atoms with Crippen LogP contribution in [0.4, 0.5) is 0 Å². The summed E-state index contributed by atoms with van der Waals surface area (Å²) in [5.74, 6) is -0.739. The molecule has 3 atom stereocenters. The van der Waals surface area contributed by atoms with Crippen LogP contribution >= 0.6 is 0 Å². The molecule has 24 heavy (non-hydrogen) atoms. The Labute approximate surface area is 141 Å². The van der Waals surface area contributed by atoms with Gasteiger partial charge in [-0.25, -0.2) is 0 Å². The summed E-state index contributed by atoms with van der Waals surface area (Å²) in [7, 11) is 1.59. The van der Waals surface area contributed by atoms with Gasteiger partial charge in [0.1, 0.15) is 17.6 Å². The molecule has 1 saturated carbocycles. The number of carbonyl (C=O) groups is 2. The first-order chi connectivity index (χ1) is 11.3. The quantitative estimate of drug-likeness (QED) is 0.861. The van der Waals surface area contributed by atoms with Crippen LogP contribution in [0.5, 0.6) is 11.5 Å². The third-order valence-corrected chi connectivity index (χ3v) is 5.13. The second-order valence-corrected chi connectivity index (χ2v) is 7.24. The number of hydrogen-bond acceptors (Lipinski definition) is 4. The molecule has 1 aliphatic heterocycles. The van der Waals surface area contributed by atoms with Gasteiger partial charge in [0.25, 0.3) is 0 Å². The first-order valence-corrected chi connectivity index (χ1v) is 8.12. The first kappa shape index (κ1) is 16.6. The van der Waals surface area contributed by atoms with Crippen LogP contribution in [0.25, 0.3) is 0 Å². The number of amides is 1. The van der Waals surface area contributed by atoms with E-state index in [1.54, 1.807) is 21.0 Å². The van der Waals surface area contributed by atoms with Crippen molar-refractivity contribution in [2.75, 3.05) is 7.11 Å². The van der Waals surface area contributed by atoms with Gasteiger partial charge < -0.3 is 19.9 Å². The lowest BCUT2D eigenvalue weighted by Gasteiger charge is -2.12. The van der Waals surface area contributed by atoms with E-state index in [4.69, 9.17) is 9.47 Å². The highest BCUT2D eigenvalue weighted by Crippen LogP contribution is 2.58. The lowest BCUT2D eigenvalue weighted by molar-refractivity contribution is -0.140. The van der Waals surface area contributed by atoms with Gasteiger partial charge in [0, 0.05) is 24.1 Å². The van der Waals surface area contributed by atoms with Crippen LogP contribution in [0.2, 0.25) is 0 Å². The van der Waals surface area contributed by atoms with Crippen molar-refractivity contribution in [3.63, 3.8) is 0 Å². The summed E-state index contributed by atoms with van der Waals surface area (Å²) in [4.78, 5) is 23.6. The molecule has 1 aromatic carbocycles. The fraction of sp³-hybridized carbons (Fsp3) is 0.556. The first-order valence-electron chi connectivity index (χ1n) is 8.12. The highest BCUT2D eigenvalue weighted by atomic mass is 16.5. The van der Waals surface area contributed by atoms with Crippen LogP contribution in [0.1, 0.15) is 31.9 Å². The molecule has 1 aliphatic carbocycles. The molecular weight excluding hydrogens is 310 g/mol. The fourth-order valence-electron chi connectivity index (χ4n) is 3.69. The largest absolute Gasteiger partial charge is 0.496 e. The molecule has 0 aromatic heterocycles. The van der Waals surface area contributed by atoms with Crippen molar-refractivity contribution in [1.82, 2.24) is 5.32 Å². The molecule has 6 nitrogen and oxygen atoms in total. The van der Waals surface area contributed by atoms with Crippen molar-refractivity contribution in [2.45, 2.75) is 39.8 Å². The van der Waals surface area contributed by atoms with Crippen LogP contribution in [0, 0.1) is 17.3 Å². The second kappa shape index (κ2) is 5.69. The predicted octanol–water partition coefficient (Wildman–Crippen LogP) is 1.99. The number of methoxy groups -OCH3 is 1. The Balaban J connectivity index is 1.70. The van der Waals surface area contributed by atoms with Gasteiger partial charge >= 0.3 is 5.97 Å². The lowest BCUT2D eigenvalue weighted by atomic mass is 10.1. The molecule has 2 aliphatic rings. The minimum atomic E-state index is -0.919. The van der Waals surface area contributed by atoms with E-state index in [-0.39, 0.29) is 18.6 Å². The minimum absolute atomic E-state index is 0.137. The molecule has 2 N–H and O–H groups in total. The molecule has 0 saturated heterocycles. The number of rotatable bonds is 5. The summed E-state index contributed by atoms with van der Waals surface area (Å²) in [5, 5.41) is 12.0. The summed E-state index contributed by atoms with van der Waals surface area (Å²) in [6, 6.07) is 3.84. The standard InChI is InChI=1S/C18H23NO5/c1-9-5-10-6-12(23-4)11(7-13(10)24-9)8-19-16(20)14-15(17(21)22)18(14,2)3/h6-7,9,14-15H,5,8H2,1-4H3,(H,19,20)(H,21,22)/t9?,14-,15+/m0/s1. The van der Waals surface area contributed by atoms with Gasteiger partial charge in [0.2, 0.25) is 5.91 Å². The summed E-state index contributed by atoms with van der Waals surface area (Å²) >= 11 is 0. The molecular formula is C18H23NO5. The third kappa shape index (κ3) is 2.70. The summed E-state index contributed by atoms with van der Waals surface area (Å²) in [6.07, 6.45) is 0.979. The second-order valence-electron chi connectivity index (χ2n) is 7.24. The zero-order valence-electron chi connectivity index (χ0n) is 14.4. The van der Waals surface area contributed by atoms with E-state index >= 15 is 0 Å². The molecule has 0 radical (unpaired) electrons. The number of benzene rings is 1. The molecule has 6 heteroatoms. The van der Waals surface area contributed by atoms with Crippen molar-refractivity contribution in [3.05, 3.63) is 23.3 Å². The molecule has 130 valence electrons. The number of ether oxygens (including phenoxy) is 2. The van der Waals surface area contributed by atoms with Crippen LogP contribution in [0.15, 0.2) is 12.1 Å². The van der Waals surface area contributed by atoms with Crippen molar-refractivity contribution in [3.8, 4) is 11.5 Å². The maximum Gasteiger partial charge on any atom is 0.307 e. The highest BCUT2D eigenvalue weighted by molar-refractivity contribution is 5.91. The van der Waals surface area contributed by atoms with Gasteiger partial charge in [-0.1, -0.05) is 13.8 Å². The number of hydrogen-bond donors (Lipinski definition) is 2. The number of carboxylic acids is 1. The van der Waals surface area contributed by atoms with Gasteiger partial charge in [-0.15, -0.1) is 0 Å². The number of nitrogens with one attached hydrogen (secondary N) is 1. The lowest BCUT2D eigenvalue weighted by Crippen LogP contribution is -2.27. The average molecular weight is 333 g/mol. The molecule has 1 unspecified atom stereocenters. The topological polar surface area (TPSA) is 84.9 Å². The molecule has 1 aromatic rings. The van der Waals surface area contributed by atoms with E-state index < -0.39 is 23.2 Å². The Bertz CT molecular complexity index is 697. The van der Waals surface area contributed by atoms with Crippen molar-refractivity contribution in [1.29, 1.82) is 0 Å². The number of carboxylic acid groups (broad SMARTS) is 1. The van der Waals surface area contributed by atoms with Crippen LogP contribution in [-0.2, 0) is 22.6 Å². The van der Waals surface area contributed by atoms with Crippen molar-refractivity contribution >= 4 is 11.9 Å². The summed E-state index contributed by atoms with van der Waals surface area (Å²) in [5.41, 5.74) is 1.42. The number of carbonyl (C=O) groups excluding carboxylic acids is 1. The third-order valence-electron chi connectivity index (χ3n) is 5.13. The zero-order chi connectivity index (χ0) is 17.6. The summed E-state index contributed by atoms with van der Waals surface area (Å²) in [6.45, 7) is 5.91. The Morgan fingerprint density at radius 2 is 2.08 bits per heavy atom. The van der Waals surface area contributed by atoms with E-state index in [1.165, 1.54) is 0 Å². The van der Waals surface area contributed by atoms with E-state index in [0.29, 0.717) is 5.75 Å². The van der Waals surface area contributed by atoms with E-state index in [0.717, 1.165) is 23.3 Å². The number of fused-ring (bicyclic) bond motifs is 1. The molecule has 1 amide bonds. The van der Waals surface area contributed by atoms with Crippen LogP contribution in [0.3, 0.4) is 0 Å². The monoisotopic (exact) mass is 333 g/mol. The molecule has 1 heterocycles. The van der Waals surface area contributed by atoms with Gasteiger partial charge in [-0.2, -0.15) is 0 Å². The Morgan fingerprint density at radius 3 is 2.67 bits per heavy atom. The van der Waals surface area contributed by atoms with Crippen molar-refractivity contribution in [2.24, 2.45) is 17.3 Å². The SMILES string of the molecule is COc1cc2c(cc1CNC(=O)[C@@H]1[C@H](C(=O)O)C1(C)C)OC(C)C2. The normalized spacial score (nSPS) is 26.2. The van der Waals surface area contributed by atoms with E-state index in [2.05, 4.69) is 5.32 Å². The van der Waals surface area contributed by atoms with Gasteiger partial charge in [0.15, 0.2) is 0 Å². The smallest absolute Gasteiger partial charge is 0.307 e. The molecule has 0 bridgehead atoms. The maximum absolute atomic E-state index is 12.3. The minimum Gasteiger partial charge on any atom is -0.496 e. The van der Waals surface area contributed by atoms with Gasteiger partial charge in [0.05, 0.1) is 18.9 Å². The Morgan fingerprint density at radius 1 is 1.38 bits per heavy atom. The average Bonchev–Trinajstić information content (AvgIpc) is 2.91. The van der Waals surface area contributed by atoms with E-state index in [9.17, 15) is 14.7 Å². The zero-order valence-corrected chi connectivity index (χ0v) is 14.4. The molecule has 3 rings (SSSR count). The highest BCUT2D eigenvalue weighted by Gasteiger charge is 2.65. The summed E-state index contributed by atoms with van der Waals surface area (Å²) < 4.78 is 11.2. The van der Waals surface area contributed by atoms with Crippen LogP contribution in [-0.4, -0.2) is 30.2 Å². The van der Waals surface area contributed by atoms with E-state index in [1.807, 2.05) is 19.1 Å². The molecule has 0 spiro atoms. The molecule has 1 fully saturated rings. The Hall–Kier alpha value is -2.24. The van der Waals surface area contributed by atoms with Gasteiger partial charge in [-0.3, -0.25) is 9.59 Å². The Kier molecular flexibility index (Phi) is 3.94. The van der Waals surface area contributed by atoms with Crippen molar-refractivity contribution < 1.29 is 24.2 Å². The maximum atomic E-state index is 12.3. The van der Waals surface area contributed by atoms with Gasteiger partial charge in [-0.05, 0) is 24.5 Å².